The van der Waals surface area contributed by atoms with Gasteiger partial charge in [0.25, 0.3) is 0 Å². The Morgan fingerprint density at radius 3 is 2.12 bits per heavy atom. The molecular formula is C15H25NO. The quantitative estimate of drug-likeness (QED) is 0.817. The molecule has 2 atom stereocenters. The minimum atomic E-state index is 0.201. The predicted octanol–water partition coefficient (Wildman–Crippen LogP) is 3.18. The van der Waals surface area contributed by atoms with Gasteiger partial charge in [-0.2, -0.15) is 0 Å². The van der Waals surface area contributed by atoms with Gasteiger partial charge < -0.3 is 10.1 Å². The Kier molecular flexibility index (Phi) is 5.66. The first-order valence-electron chi connectivity index (χ1n) is 6.42. The van der Waals surface area contributed by atoms with Crippen molar-refractivity contribution in [3.63, 3.8) is 0 Å². The van der Waals surface area contributed by atoms with Crippen LogP contribution in [0.2, 0.25) is 0 Å². The van der Waals surface area contributed by atoms with Crippen LogP contribution in [0.4, 0.5) is 0 Å². The van der Waals surface area contributed by atoms with Gasteiger partial charge in [0.2, 0.25) is 0 Å². The maximum atomic E-state index is 5.61. The van der Waals surface area contributed by atoms with Crippen LogP contribution in [0, 0.1) is 5.92 Å². The number of methoxy groups -OCH3 is 1. The normalized spacial score (nSPS) is 14.9. The molecule has 0 radical (unpaired) electrons. The van der Waals surface area contributed by atoms with E-state index in [-0.39, 0.29) is 12.1 Å². The highest BCUT2D eigenvalue weighted by Gasteiger charge is 2.24. The Bertz CT molecular complexity index is 318. The van der Waals surface area contributed by atoms with Crippen LogP contribution in [0.25, 0.3) is 0 Å². The average molecular weight is 235 g/mol. The molecule has 96 valence electrons. The van der Waals surface area contributed by atoms with E-state index < -0.39 is 0 Å². The van der Waals surface area contributed by atoms with Crippen molar-refractivity contribution in [2.45, 2.75) is 39.3 Å². The van der Waals surface area contributed by atoms with Crippen molar-refractivity contribution in [1.29, 1.82) is 0 Å². The van der Waals surface area contributed by atoms with Gasteiger partial charge in [0.15, 0.2) is 0 Å². The molecule has 0 fully saturated rings. The van der Waals surface area contributed by atoms with Crippen LogP contribution >= 0.6 is 0 Å². The van der Waals surface area contributed by atoms with Gasteiger partial charge in [-0.05, 0) is 30.5 Å². The summed E-state index contributed by atoms with van der Waals surface area (Å²) < 4.78 is 5.61. The second kappa shape index (κ2) is 6.77. The molecule has 1 aromatic carbocycles. The van der Waals surface area contributed by atoms with Crippen LogP contribution in [0.5, 0.6) is 0 Å². The van der Waals surface area contributed by atoms with Crippen molar-refractivity contribution in [3.8, 4) is 0 Å². The minimum absolute atomic E-state index is 0.201. The number of likely N-dealkylation sites (N-methyl/N-ethyl adjacent to an activating group) is 1. The number of rotatable bonds is 6. The molecule has 17 heavy (non-hydrogen) atoms. The fourth-order valence-corrected chi connectivity index (χ4v) is 2.27. The third-order valence-electron chi connectivity index (χ3n) is 3.32. The van der Waals surface area contributed by atoms with E-state index in [2.05, 4.69) is 50.4 Å². The summed E-state index contributed by atoms with van der Waals surface area (Å²) in [4.78, 5) is 0. The molecule has 0 saturated carbocycles. The first kappa shape index (κ1) is 14.2. The lowest BCUT2D eigenvalue weighted by Crippen LogP contribution is -2.34. The molecule has 0 heterocycles. The molecular weight excluding hydrogens is 210 g/mol. The monoisotopic (exact) mass is 235 g/mol. The highest BCUT2D eigenvalue weighted by Crippen LogP contribution is 2.24. The zero-order chi connectivity index (χ0) is 12.8. The highest BCUT2D eigenvalue weighted by atomic mass is 16.5. The summed E-state index contributed by atoms with van der Waals surface area (Å²) in [7, 11) is 3.78. The Morgan fingerprint density at radius 2 is 1.76 bits per heavy atom. The van der Waals surface area contributed by atoms with Gasteiger partial charge in [0.1, 0.15) is 0 Å². The first-order valence-corrected chi connectivity index (χ1v) is 6.42. The molecule has 0 spiro atoms. The smallest absolute Gasteiger partial charge is 0.0788 e. The molecule has 0 aliphatic carbocycles. The maximum absolute atomic E-state index is 5.61. The van der Waals surface area contributed by atoms with E-state index >= 15 is 0 Å². The molecule has 2 heteroatoms. The topological polar surface area (TPSA) is 21.3 Å². The van der Waals surface area contributed by atoms with Crippen molar-refractivity contribution >= 4 is 0 Å². The molecule has 2 nitrogen and oxygen atoms in total. The number of aryl methyl sites for hydroxylation is 1. The van der Waals surface area contributed by atoms with Gasteiger partial charge in [-0.25, -0.2) is 0 Å². The molecule has 1 rings (SSSR count). The van der Waals surface area contributed by atoms with Crippen molar-refractivity contribution in [2.24, 2.45) is 5.92 Å². The molecule has 0 aliphatic heterocycles. The van der Waals surface area contributed by atoms with E-state index in [9.17, 15) is 0 Å². The van der Waals surface area contributed by atoms with E-state index in [0.29, 0.717) is 5.92 Å². The summed E-state index contributed by atoms with van der Waals surface area (Å²) in [6.45, 7) is 6.56. The van der Waals surface area contributed by atoms with Crippen LogP contribution in [-0.4, -0.2) is 20.3 Å². The second-order valence-corrected chi connectivity index (χ2v) is 4.81. The van der Waals surface area contributed by atoms with Gasteiger partial charge in [0.05, 0.1) is 12.1 Å². The largest absolute Gasteiger partial charge is 0.379 e. The average Bonchev–Trinajstić information content (AvgIpc) is 2.35. The SMILES string of the molecule is CCc1ccc(C(NC)C(OC)C(C)C)cc1. The summed E-state index contributed by atoms with van der Waals surface area (Å²) >= 11 is 0. The fourth-order valence-electron chi connectivity index (χ4n) is 2.27. The van der Waals surface area contributed by atoms with Gasteiger partial charge >= 0.3 is 0 Å². The lowest BCUT2D eigenvalue weighted by atomic mass is 9.93. The molecule has 1 N–H and O–H groups in total. The third kappa shape index (κ3) is 3.55. The van der Waals surface area contributed by atoms with Crippen LogP contribution in [0.3, 0.4) is 0 Å². The summed E-state index contributed by atoms with van der Waals surface area (Å²) in [6.07, 6.45) is 1.29. The highest BCUT2D eigenvalue weighted by molar-refractivity contribution is 5.26. The third-order valence-corrected chi connectivity index (χ3v) is 3.32. The molecule has 0 aromatic heterocycles. The lowest BCUT2D eigenvalue weighted by molar-refractivity contribution is 0.0348. The van der Waals surface area contributed by atoms with Crippen molar-refractivity contribution < 1.29 is 4.74 Å². The Labute approximate surface area is 105 Å². The van der Waals surface area contributed by atoms with Gasteiger partial charge in [0, 0.05) is 7.11 Å². The lowest BCUT2D eigenvalue weighted by Gasteiger charge is -2.29. The van der Waals surface area contributed by atoms with Crippen molar-refractivity contribution in [2.75, 3.05) is 14.2 Å². The van der Waals surface area contributed by atoms with Crippen LogP contribution in [0.1, 0.15) is 37.9 Å². The van der Waals surface area contributed by atoms with Crippen molar-refractivity contribution in [1.82, 2.24) is 5.32 Å². The van der Waals surface area contributed by atoms with Crippen LogP contribution < -0.4 is 5.32 Å². The number of nitrogens with one attached hydrogen (secondary N) is 1. The van der Waals surface area contributed by atoms with E-state index in [4.69, 9.17) is 4.74 Å². The second-order valence-electron chi connectivity index (χ2n) is 4.81. The zero-order valence-corrected chi connectivity index (χ0v) is 11.7. The number of hydrogen-bond donors (Lipinski definition) is 1. The van der Waals surface area contributed by atoms with E-state index in [1.54, 1.807) is 7.11 Å². The Hall–Kier alpha value is -0.860. The fraction of sp³-hybridized carbons (Fsp3) is 0.600. The molecule has 0 saturated heterocycles. The van der Waals surface area contributed by atoms with Gasteiger partial charge in [-0.15, -0.1) is 0 Å². The number of benzene rings is 1. The number of hydrogen-bond acceptors (Lipinski definition) is 2. The van der Waals surface area contributed by atoms with Crippen molar-refractivity contribution in [3.05, 3.63) is 35.4 Å². The molecule has 0 bridgehead atoms. The van der Waals surface area contributed by atoms with E-state index in [1.807, 2.05) is 7.05 Å². The summed E-state index contributed by atoms with van der Waals surface area (Å²) in [6, 6.07) is 9.06. The Morgan fingerprint density at radius 1 is 1.18 bits per heavy atom. The molecule has 0 aliphatic rings. The Balaban J connectivity index is 2.91. The molecule has 2 unspecified atom stereocenters. The van der Waals surface area contributed by atoms with Gasteiger partial charge in [-0.1, -0.05) is 45.0 Å². The predicted molar refractivity (Wildman–Crippen MR) is 73.3 cm³/mol. The van der Waals surface area contributed by atoms with Crippen LogP contribution in [0.15, 0.2) is 24.3 Å². The summed E-state index contributed by atoms with van der Waals surface area (Å²) in [5.74, 6) is 0.489. The summed E-state index contributed by atoms with van der Waals surface area (Å²) in [5.41, 5.74) is 2.67. The van der Waals surface area contributed by atoms with Gasteiger partial charge in [-0.3, -0.25) is 0 Å². The first-order chi connectivity index (χ1) is 8.13. The summed E-state index contributed by atoms with van der Waals surface area (Å²) in [5, 5.41) is 3.36. The van der Waals surface area contributed by atoms with E-state index in [1.165, 1.54) is 11.1 Å². The van der Waals surface area contributed by atoms with Crippen LogP contribution in [-0.2, 0) is 11.2 Å². The zero-order valence-electron chi connectivity index (χ0n) is 11.7. The van der Waals surface area contributed by atoms with E-state index in [0.717, 1.165) is 6.42 Å². The molecule has 1 aromatic rings. The standard InChI is InChI=1S/C15H25NO/c1-6-12-7-9-13(10-8-12)14(16-4)15(17-5)11(2)3/h7-11,14-16H,6H2,1-5H3. The number of ether oxygens (including phenoxy) is 1. The molecule has 0 amide bonds. The minimum Gasteiger partial charge on any atom is -0.379 e. The maximum Gasteiger partial charge on any atom is 0.0788 e.